The fourth-order valence-corrected chi connectivity index (χ4v) is 1.73. The van der Waals surface area contributed by atoms with Crippen molar-refractivity contribution in [1.29, 1.82) is 0 Å². The predicted molar refractivity (Wildman–Crippen MR) is 52.7 cm³/mol. The van der Waals surface area contributed by atoms with Crippen molar-refractivity contribution in [3.63, 3.8) is 0 Å². The SMILES string of the molecule is Cc1nnc2c(c(C)cn2C)c1C. The third-order valence-electron chi connectivity index (χ3n) is 2.55. The van der Waals surface area contributed by atoms with Crippen LogP contribution in [0.5, 0.6) is 0 Å². The lowest BCUT2D eigenvalue weighted by atomic mass is 10.1. The van der Waals surface area contributed by atoms with Crippen LogP contribution in [0.3, 0.4) is 0 Å². The van der Waals surface area contributed by atoms with Crippen LogP contribution in [0.4, 0.5) is 0 Å². The minimum atomic E-state index is 0.973. The predicted octanol–water partition coefficient (Wildman–Crippen LogP) is 1.89. The number of hydrogen-bond acceptors (Lipinski definition) is 2. The van der Waals surface area contributed by atoms with Crippen LogP contribution in [-0.2, 0) is 7.05 Å². The standard InChI is InChI=1S/C10H13N3/c1-6-5-13(4)10-9(6)7(2)8(3)11-12-10/h5H,1-4H3. The van der Waals surface area contributed by atoms with Crippen LogP contribution >= 0.6 is 0 Å². The molecule has 13 heavy (non-hydrogen) atoms. The molecule has 0 aliphatic carbocycles. The molecule has 0 saturated carbocycles. The normalized spacial score (nSPS) is 11.1. The molecule has 2 aromatic rings. The van der Waals surface area contributed by atoms with Gasteiger partial charge in [0.05, 0.1) is 5.69 Å². The highest BCUT2D eigenvalue weighted by Crippen LogP contribution is 2.22. The average molecular weight is 175 g/mol. The Hall–Kier alpha value is -1.38. The second kappa shape index (κ2) is 2.55. The van der Waals surface area contributed by atoms with Crippen LogP contribution in [0.15, 0.2) is 6.20 Å². The van der Waals surface area contributed by atoms with Gasteiger partial charge in [0.25, 0.3) is 0 Å². The summed E-state index contributed by atoms with van der Waals surface area (Å²) < 4.78 is 2.02. The van der Waals surface area contributed by atoms with Crippen molar-refractivity contribution in [3.8, 4) is 0 Å². The molecule has 2 heterocycles. The largest absolute Gasteiger partial charge is 0.334 e. The van der Waals surface area contributed by atoms with Gasteiger partial charge in [0.1, 0.15) is 0 Å². The smallest absolute Gasteiger partial charge is 0.162 e. The van der Waals surface area contributed by atoms with Crippen molar-refractivity contribution in [2.75, 3.05) is 0 Å². The number of fused-ring (bicyclic) bond motifs is 1. The molecule has 0 unspecified atom stereocenters. The summed E-state index contributed by atoms with van der Waals surface area (Å²) in [4.78, 5) is 0. The molecule has 0 N–H and O–H groups in total. The van der Waals surface area contributed by atoms with E-state index >= 15 is 0 Å². The maximum Gasteiger partial charge on any atom is 0.162 e. The third-order valence-corrected chi connectivity index (χ3v) is 2.55. The molecule has 3 heteroatoms. The highest BCUT2D eigenvalue weighted by molar-refractivity contribution is 5.83. The molecule has 0 aromatic carbocycles. The topological polar surface area (TPSA) is 30.7 Å². The minimum Gasteiger partial charge on any atom is -0.334 e. The fraction of sp³-hybridized carbons (Fsp3) is 0.400. The zero-order valence-electron chi connectivity index (χ0n) is 8.42. The molecular formula is C10H13N3. The van der Waals surface area contributed by atoms with E-state index in [-0.39, 0.29) is 0 Å². The van der Waals surface area contributed by atoms with Gasteiger partial charge in [-0.1, -0.05) is 0 Å². The fourth-order valence-electron chi connectivity index (χ4n) is 1.73. The lowest BCUT2D eigenvalue weighted by molar-refractivity contribution is 0.900. The van der Waals surface area contributed by atoms with Crippen molar-refractivity contribution in [3.05, 3.63) is 23.0 Å². The molecule has 0 fully saturated rings. The van der Waals surface area contributed by atoms with Crippen LogP contribution < -0.4 is 0 Å². The summed E-state index contributed by atoms with van der Waals surface area (Å²) >= 11 is 0. The number of aryl methyl sites for hydroxylation is 4. The second-order valence-corrected chi connectivity index (χ2v) is 3.53. The molecule has 0 aliphatic heterocycles. The van der Waals surface area contributed by atoms with E-state index in [4.69, 9.17) is 0 Å². The van der Waals surface area contributed by atoms with Crippen molar-refractivity contribution in [2.45, 2.75) is 20.8 Å². The summed E-state index contributed by atoms with van der Waals surface area (Å²) in [5.41, 5.74) is 4.50. The van der Waals surface area contributed by atoms with Crippen molar-refractivity contribution < 1.29 is 0 Å². The molecular weight excluding hydrogens is 162 g/mol. The summed E-state index contributed by atoms with van der Waals surface area (Å²) in [7, 11) is 2.00. The highest BCUT2D eigenvalue weighted by Gasteiger charge is 2.09. The van der Waals surface area contributed by atoms with Gasteiger partial charge in [0.15, 0.2) is 5.65 Å². The Morgan fingerprint density at radius 1 is 1.15 bits per heavy atom. The molecule has 2 aromatic heterocycles. The average Bonchev–Trinajstić information content (AvgIpc) is 2.35. The van der Waals surface area contributed by atoms with Gasteiger partial charge in [-0.2, -0.15) is 5.10 Å². The van der Waals surface area contributed by atoms with E-state index in [1.807, 2.05) is 18.5 Å². The molecule has 0 amide bonds. The quantitative estimate of drug-likeness (QED) is 0.612. The zero-order chi connectivity index (χ0) is 9.59. The summed E-state index contributed by atoms with van der Waals surface area (Å²) in [6.07, 6.45) is 2.09. The Morgan fingerprint density at radius 2 is 1.85 bits per heavy atom. The van der Waals surface area contributed by atoms with Gasteiger partial charge < -0.3 is 4.57 Å². The Kier molecular flexibility index (Phi) is 1.62. The Labute approximate surface area is 77.4 Å². The molecule has 2 rings (SSSR count). The van der Waals surface area contributed by atoms with E-state index in [1.165, 1.54) is 16.5 Å². The van der Waals surface area contributed by atoms with Crippen molar-refractivity contribution in [2.24, 2.45) is 7.05 Å². The maximum absolute atomic E-state index is 4.17. The third kappa shape index (κ3) is 1.03. The van der Waals surface area contributed by atoms with E-state index in [1.54, 1.807) is 0 Å². The first kappa shape index (κ1) is 8.23. The lowest BCUT2D eigenvalue weighted by Gasteiger charge is -2.00. The van der Waals surface area contributed by atoms with Gasteiger partial charge in [0, 0.05) is 18.6 Å². The minimum absolute atomic E-state index is 0.973. The van der Waals surface area contributed by atoms with Gasteiger partial charge in [-0.15, -0.1) is 5.10 Å². The molecule has 3 nitrogen and oxygen atoms in total. The Bertz CT molecular complexity index is 468. The van der Waals surface area contributed by atoms with Gasteiger partial charge in [0.2, 0.25) is 0 Å². The van der Waals surface area contributed by atoms with E-state index < -0.39 is 0 Å². The highest BCUT2D eigenvalue weighted by atomic mass is 15.2. The maximum atomic E-state index is 4.17. The van der Waals surface area contributed by atoms with Crippen LogP contribution in [-0.4, -0.2) is 14.8 Å². The van der Waals surface area contributed by atoms with E-state index in [9.17, 15) is 0 Å². The lowest BCUT2D eigenvalue weighted by Crippen LogP contribution is -1.95. The van der Waals surface area contributed by atoms with Crippen molar-refractivity contribution >= 4 is 11.0 Å². The molecule has 68 valence electrons. The summed E-state index contributed by atoms with van der Waals surface area (Å²) in [5, 5.41) is 9.53. The molecule has 0 aliphatic rings. The van der Waals surface area contributed by atoms with Gasteiger partial charge in [-0.25, -0.2) is 0 Å². The Balaban J connectivity index is 2.98. The molecule has 0 saturated heterocycles. The van der Waals surface area contributed by atoms with Crippen LogP contribution in [0, 0.1) is 20.8 Å². The first-order chi connectivity index (χ1) is 6.11. The van der Waals surface area contributed by atoms with Gasteiger partial charge >= 0.3 is 0 Å². The number of rotatable bonds is 0. The molecule has 0 atom stereocenters. The van der Waals surface area contributed by atoms with E-state index in [0.29, 0.717) is 0 Å². The first-order valence-electron chi connectivity index (χ1n) is 4.36. The van der Waals surface area contributed by atoms with Crippen LogP contribution in [0.2, 0.25) is 0 Å². The van der Waals surface area contributed by atoms with Gasteiger partial charge in [-0.3, -0.25) is 0 Å². The monoisotopic (exact) mass is 175 g/mol. The Morgan fingerprint density at radius 3 is 2.54 bits per heavy atom. The zero-order valence-corrected chi connectivity index (χ0v) is 8.42. The summed E-state index contributed by atoms with van der Waals surface area (Å²) in [6.45, 7) is 6.20. The van der Waals surface area contributed by atoms with Gasteiger partial charge in [-0.05, 0) is 31.9 Å². The van der Waals surface area contributed by atoms with Crippen LogP contribution in [0.25, 0.3) is 11.0 Å². The van der Waals surface area contributed by atoms with Crippen LogP contribution in [0.1, 0.15) is 16.8 Å². The summed E-state index contributed by atoms with van der Waals surface area (Å²) in [5.74, 6) is 0. The second-order valence-electron chi connectivity index (χ2n) is 3.53. The summed E-state index contributed by atoms with van der Waals surface area (Å²) in [6, 6.07) is 0. The number of hydrogen-bond donors (Lipinski definition) is 0. The van der Waals surface area contributed by atoms with Crippen molar-refractivity contribution in [1.82, 2.24) is 14.8 Å². The number of nitrogens with zero attached hydrogens (tertiary/aromatic N) is 3. The van der Waals surface area contributed by atoms with E-state index in [2.05, 4.69) is 30.2 Å². The number of aromatic nitrogens is 3. The molecule has 0 radical (unpaired) electrons. The molecule has 0 spiro atoms. The molecule has 0 bridgehead atoms. The van der Waals surface area contributed by atoms with E-state index in [0.717, 1.165) is 11.3 Å². The first-order valence-corrected chi connectivity index (χ1v) is 4.36.